The fourth-order valence-electron chi connectivity index (χ4n) is 3.58. The van der Waals surface area contributed by atoms with Gasteiger partial charge in [0.05, 0.1) is 12.7 Å². The molecule has 2 aromatic carbocycles. The molecule has 3 rings (SSSR count). The number of hydrogen-bond acceptors (Lipinski definition) is 5. The van der Waals surface area contributed by atoms with Gasteiger partial charge < -0.3 is 15.0 Å². The number of anilines is 2. The maximum Gasteiger partial charge on any atom is 0.337 e. The molecule has 1 aliphatic heterocycles. The summed E-state index contributed by atoms with van der Waals surface area (Å²) in [5, 5.41) is 2.89. The maximum absolute atomic E-state index is 12.3. The summed E-state index contributed by atoms with van der Waals surface area (Å²) in [5.74, 6) is -0.407. The molecule has 6 heteroatoms. The van der Waals surface area contributed by atoms with Crippen LogP contribution in [0.1, 0.15) is 27.9 Å². The van der Waals surface area contributed by atoms with Crippen LogP contribution in [0.5, 0.6) is 0 Å². The van der Waals surface area contributed by atoms with E-state index < -0.39 is 0 Å². The molecule has 0 aliphatic carbocycles. The molecule has 1 fully saturated rings. The van der Waals surface area contributed by atoms with E-state index in [9.17, 15) is 9.59 Å². The van der Waals surface area contributed by atoms with Gasteiger partial charge in [0, 0.05) is 50.5 Å². The highest BCUT2D eigenvalue weighted by molar-refractivity contribution is 5.93. The number of hydrogen-bond donors (Lipinski definition) is 1. The molecular weight excluding hydrogens is 366 g/mol. The second-order valence-corrected chi connectivity index (χ2v) is 7.41. The van der Waals surface area contributed by atoms with E-state index in [4.69, 9.17) is 0 Å². The minimum absolute atomic E-state index is 0.0206. The highest BCUT2D eigenvalue weighted by Crippen LogP contribution is 2.23. The van der Waals surface area contributed by atoms with Gasteiger partial charge >= 0.3 is 5.97 Å². The SMILES string of the molecule is COC(=O)c1ccc(NC(=O)CCN2CCN(c3cccc(C)c3C)CC2)cc1. The summed E-state index contributed by atoms with van der Waals surface area (Å²) in [6.45, 7) is 8.92. The van der Waals surface area contributed by atoms with E-state index in [-0.39, 0.29) is 11.9 Å². The second kappa shape index (κ2) is 9.56. The van der Waals surface area contributed by atoms with E-state index >= 15 is 0 Å². The van der Waals surface area contributed by atoms with Gasteiger partial charge in [0.1, 0.15) is 0 Å². The Hall–Kier alpha value is -2.86. The lowest BCUT2D eigenvalue weighted by Gasteiger charge is -2.37. The number of esters is 1. The smallest absolute Gasteiger partial charge is 0.337 e. The molecule has 1 N–H and O–H groups in total. The van der Waals surface area contributed by atoms with Crippen molar-refractivity contribution >= 4 is 23.3 Å². The van der Waals surface area contributed by atoms with Crippen molar-refractivity contribution in [1.82, 2.24) is 4.90 Å². The summed E-state index contributed by atoms with van der Waals surface area (Å²) < 4.78 is 4.68. The van der Waals surface area contributed by atoms with Crippen LogP contribution < -0.4 is 10.2 Å². The summed E-state index contributed by atoms with van der Waals surface area (Å²) in [7, 11) is 1.35. The highest BCUT2D eigenvalue weighted by Gasteiger charge is 2.19. The number of carbonyl (C=O) groups excluding carboxylic acids is 2. The summed E-state index contributed by atoms with van der Waals surface area (Å²) in [4.78, 5) is 28.5. The normalized spacial score (nSPS) is 14.5. The number of ether oxygens (including phenoxy) is 1. The van der Waals surface area contributed by atoms with Crippen LogP contribution in [0.15, 0.2) is 42.5 Å². The molecule has 0 unspecified atom stereocenters. The number of nitrogens with one attached hydrogen (secondary N) is 1. The van der Waals surface area contributed by atoms with Crippen LogP contribution in [0.3, 0.4) is 0 Å². The first-order chi connectivity index (χ1) is 14.0. The van der Waals surface area contributed by atoms with Crippen LogP contribution in [0.2, 0.25) is 0 Å². The largest absolute Gasteiger partial charge is 0.465 e. The van der Waals surface area contributed by atoms with Gasteiger partial charge in [-0.2, -0.15) is 0 Å². The zero-order valence-electron chi connectivity index (χ0n) is 17.4. The Morgan fingerprint density at radius 2 is 1.69 bits per heavy atom. The first-order valence-corrected chi connectivity index (χ1v) is 9.99. The van der Waals surface area contributed by atoms with Crippen molar-refractivity contribution in [3.8, 4) is 0 Å². The van der Waals surface area contributed by atoms with Gasteiger partial charge in [0.2, 0.25) is 5.91 Å². The van der Waals surface area contributed by atoms with Crippen LogP contribution in [0.25, 0.3) is 0 Å². The number of piperazine rings is 1. The van der Waals surface area contributed by atoms with Crippen molar-refractivity contribution in [3.63, 3.8) is 0 Å². The fraction of sp³-hybridized carbons (Fsp3) is 0.391. The van der Waals surface area contributed by atoms with Gasteiger partial charge in [-0.1, -0.05) is 12.1 Å². The molecule has 1 amide bonds. The molecule has 0 bridgehead atoms. The van der Waals surface area contributed by atoms with Crippen LogP contribution >= 0.6 is 0 Å². The van der Waals surface area contributed by atoms with Gasteiger partial charge in [-0.25, -0.2) is 4.79 Å². The third-order valence-electron chi connectivity index (χ3n) is 5.53. The maximum atomic E-state index is 12.3. The zero-order valence-corrected chi connectivity index (χ0v) is 17.4. The van der Waals surface area contributed by atoms with Crippen LogP contribution in [0, 0.1) is 13.8 Å². The van der Waals surface area contributed by atoms with Crippen molar-refractivity contribution in [2.75, 3.05) is 50.1 Å². The van der Waals surface area contributed by atoms with Crippen LogP contribution in [0.4, 0.5) is 11.4 Å². The predicted molar refractivity (Wildman–Crippen MR) is 116 cm³/mol. The van der Waals surface area contributed by atoms with Crippen molar-refractivity contribution in [2.24, 2.45) is 0 Å². The molecular formula is C23H29N3O3. The second-order valence-electron chi connectivity index (χ2n) is 7.41. The lowest BCUT2D eigenvalue weighted by molar-refractivity contribution is -0.116. The molecule has 1 saturated heterocycles. The molecule has 2 aromatic rings. The van der Waals surface area contributed by atoms with Crippen molar-refractivity contribution < 1.29 is 14.3 Å². The molecule has 154 valence electrons. The van der Waals surface area contributed by atoms with Crippen molar-refractivity contribution in [1.29, 1.82) is 0 Å². The summed E-state index contributed by atoms with van der Waals surface area (Å²) in [6, 6.07) is 13.2. The standard InChI is InChI=1S/C23H29N3O3/c1-17-5-4-6-21(18(17)2)26-15-13-25(14-16-26)12-11-22(27)24-20-9-7-19(8-10-20)23(28)29-3/h4-10H,11-16H2,1-3H3,(H,24,27). The number of benzene rings is 2. The van der Waals surface area contributed by atoms with E-state index in [0.717, 1.165) is 32.7 Å². The minimum atomic E-state index is -0.386. The van der Waals surface area contributed by atoms with E-state index in [1.165, 1.54) is 23.9 Å². The van der Waals surface area contributed by atoms with Crippen molar-refractivity contribution in [2.45, 2.75) is 20.3 Å². The lowest BCUT2D eigenvalue weighted by atomic mass is 10.1. The van der Waals surface area contributed by atoms with E-state index in [1.807, 2.05) is 0 Å². The Kier molecular flexibility index (Phi) is 6.88. The quantitative estimate of drug-likeness (QED) is 0.761. The molecule has 29 heavy (non-hydrogen) atoms. The molecule has 0 aromatic heterocycles. The van der Waals surface area contributed by atoms with Crippen molar-refractivity contribution in [3.05, 3.63) is 59.2 Å². The van der Waals surface area contributed by atoms with Crippen LogP contribution in [-0.2, 0) is 9.53 Å². The fourth-order valence-corrected chi connectivity index (χ4v) is 3.58. The Morgan fingerprint density at radius 3 is 2.34 bits per heavy atom. The molecule has 6 nitrogen and oxygen atoms in total. The molecule has 1 aliphatic rings. The Bertz CT molecular complexity index is 856. The average molecular weight is 396 g/mol. The number of nitrogens with zero attached hydrogens (tertiary/aromatic N) is 2. The number of methoxy groups -OCH3 is 1. The van der Waals surface area contributed by atoms with Gasteiger partial charge in [0.25, 0.3) is 0 Å². The number of amides is 1. The van der Waals surface area contributed by atoms with Gasteiger partial charge in [-0.05, 0) is 55.3 Å². The molecule has 0 spiro atoms. The third-order valence-corrected chi connectivity index (χ3v) is 5.53. The highest BCUT2D eigenvalue weighted by atomic mass is 16.5. The first kappa shape index (κ1) is 20.9. The Balaban J connectivity index is 1.43. The predicted octanol–water partition coefficient (Wildman–Crippen LogP) is 3.24. The zero-order chi connectivity index (χ0) is 20.8. The monoisotopic (exact) mass is 395 g/mol. The Labute approximate surface area is 172 Å². The molecule has 0 radical (unpaired) electrons. The molecule has 0 atom stereocenters. The molecule has 1 heterocycles. The topological polar surface area (TPSA) is 61.9 Å². The van der Waals surface area contributed by atoms with Crippen LogP contribution in [-0.4, -0.2) is 56.6 Å². The number of rotatable bonds is 6. The van der Waals surface area contributed by atoms with Gasteiger partial charge in [-0.15, -0.1) is 0 Å². The van der Waals surface area contributed by atoms with Gasteiger partial charge in [-0.3, -0.25) is 9.69 Å². The van der Waals surface area contributed by atoms with E-state index in [2.05, 4.69) is 51.9 Å². The number of aryl methyl sites for hydroxylation is 1. The van der Waals surface area contributed by atoms with Gasteiger partial charge in [0.15, 0.2) is 0 Å². The molecule has 0 saturated carbocycles. The summed E-state index contributed by atoms with van der Waals surface area (Å²) in [6.07, 6.45) is 0.447. The Morgan fingerprint density at radius 1 is 1.00 bits per heavy atom. The number of carbonyl (C=O) groups is 2. The third kappa shape index (κ3) is 5.35. The minimum Gasteiger partial charge on any atom is -0.465 e. The summed E-state index contributed by atoms with van der Waals surface area (Å²) in [5.41, 5.74) is 5.13. The average Bonchev–Trinajstić information content (AvgIpc) is 2.74. The first-order valence-electron chi connectivity index (χ1n) is 9.99. The summed E-state index contributed by atoms with van der Waals surface area (Å²) >= 11 is 0. The van der Waals surface area contributed by atoms with E-state index in [1.54, 1.807) is 24.3 Å². The lowest BCUT2D eigenvalue weighted by Crippen LogP contribution is -2.47. The van der Waals surface area contributed by atoms with E-state index in [0.29, 0.717) is 17.7 Å².